The van der Waals surface area contributed by atoms with Crippen molar-refractivity contribution in [3.05, 3.63) is 28.8 Å². The van der Waals surface area contributed by atoms with Crippen molar-refractivity contribution >= 4 is 17.3 Å². The third-order valence-electron chi connectivity index (χ3n) is 3.38. The first-order chi connectivity index (χ1) is 7.42. The molecule has 2 nitrogen and oxygen atoms in total. The Labute approximate surface area is 103 Å². The van der Waals surface area contributed by atoms with Crippen molar-refractivity contribution in [1.82, 2.24) is 0 Å². The van der Waals surface area contributed by atoms with Gasteiger partial charge in [0.05, 0.1) is 10.7 Å². The van der Waals surface area contributed by atoms with Crippen molar-refractivity contribution in [2.75, 3.05) is 11.9 Å². The number of rotatable bonds is 4. The molecule has 0 saturated heterocycles. The van der Waals surface area contributed by atoms with Crippen LogP contribution in [0.4, 0.5) is 5.69 Å². The number of halogens is 1. The Morgan fingerprint density at radius 3 is 2.44 bits per heavy atom. The van der Waals surface area contributed by atoms with Gasteiger partial charge in [-0.1, -0.05) is 24.6 Å². The molecule has 0 bridgehead atoms. The van der Waals surface area contributed by atoms with E-state index in [9.17, 15) is 0 Å². The minimum Gasteiger partial charge on any atom is -0.368 e. The normalized spacial score (nSPS) is 11.6. The first kappa shape index (κ1) is 13.3. The topological polar surface area (TPSA) is 29.3 Å². The molecule has 0 saturated carbocycles. The highest BCUT2D eigenvalue weighted by molar-refractivity contribution is 6.33. The fourth-order valence-corrected chi connectivity index (χ4v) is 1.84. The maximum Gasteiger partial charge on any atom is 0.0642 e. The van der Waals surface area contributed by atoms with Gasteiger partial charge >= 0.3 is 0 Å². The molecule has 1 rings (SSSR count). The lowest BCUT2D eigenvalue weighted by atomic mass is 9.99. The van der Waals surface area contributed by atoms with E-state index < -0.39 is 0 Å². The zero-order chi connectivity index (χ0) is 12.3. The van der Waals surface area contributed by atoms with Crippen LogP contribution in [0.3, 0.4) is 0 Å². The van der Waals surface area contributed by atoms with E-state index in [1.165, 1.54) is 0 Å². The summed E-state index contributed by atoms with van der Waals surface area (Å²) in [5, 5.41) is 0.770. The second-order valence-corrected chi connectivity index (χ2v) is 5.12. The van der Waals surface area contributed by atoms with E-state index in [0.717, 1.165) is 22.7 Å². The minimum atomic E-state index is 0.105. The van der Waals surface area contributed by atoms with Crippen molar-refractivity contribution in [3.8, 4) is 0 Å². The number of nitrogens with two attached hydrogens (primary N) is 1. The van der Waals surface area contributed by atoms with Gasteiger partial charge in [-0.15, -0.1) is 0 Å². The fraction of sp³-hybridized carbons (Fsp3) is 0.538. The number of hydrogen-bond donors (Lipinski definition) is 1. The first-order valence-corrected chi connectivity index (χ1v) is 6.02. The van der Waals surface area contributed by atoms with E-state index in [0.29, 0.717) is 6.54 Å². The highest BCUT2D eigenvalue weighted by atomic mass is 35.5. The smallest absolute Gasteiger partial charge is 0.0642 e. The van der Waals surface area contributed by atoms with Crippen LogP contribution in [0.15, 0.2) is 18.2 Å². The SMILES string of the molecule is CCC(C)(C)N(C)c1ccc(CN)cc1Cl. The summed E-state index contributed by atoms with van der Waals surface area (Å²) in [6.45, 7) is 7.12. The second kappa shape index (κ2) is 5.07. The number of hydrogen-bond acceptors (Lipinski definition) is 2. The Balaban J connectivity index is 3.05. The summed E-state index contributed by atoms with van der Waals surface area (Å²) in [5.74, 6) is 0. The molecule has 16 heavy (non-hydrogen) atoms. The Hall–Kier alpha value is -0.730. The van der Waals surface area contributed by atoms with Gasteiger partial charge in [0.15, 0.2) is 0 Å². The lowest BCUT2D eigenvalue weighted by molar-refractivity contribution is 0.471. The molecule has 90 valence electrons. The van der Waals surface area contributed by atoms with Crippen LogP contribution in [0.1, 0.15) is 32.8 Å². The summed E-state index contributed by atoms with van der Waals surface area (Å²) in [4.78, 5) is 2.22. The number of nitrogens with zero attached hydrogens (tertiary/aromatic N) is 1. The van der Waals surface area contributed by atoms with Gasteiger partial charge in [-0.05, 0) is 38.0 Å². The molecule has 1 aromatic rings. The molecule has 0 aromatic heterocycles. The quantitative estimate of drug-likeness (QED) is 0.874. The average molecular weight is 241 g/mol. The summed E-state index contributed by atoms with van der Waals surface area (Å²) in [5.41, 5.74) is 7.82. The van der Waals surface area contributed by atoms with Crippen LogP contribution >= 0.6 is 11.6 Å². The summed E-state index contributed by atoms with van der Waals surface area (Å²) in [6, 6.07) is 6.02. The van der Waals surface area contributed by atoms with Gasteiger partial charge in [0.1, 0.15) is 0 Å². The van der Waals surface area contributed by atoms with Gasteiger partial charge in [-0.2, -0.15) is 0 Å². The second-order valence-electron chi connectivity index (χ2n) is 4.71. The maximum atomic E-state index is 6.27. The van der Waals surface area contributed by atoms with Gasteiger partial charge in [0.25, 0.3) is 0 Å². The van der Waals surface area contributed by atoms with Crippen molar-refractivity contribution in [1.29, 1.82) is 0 Å². The molecule has 1 aromatic carbocycles. The standard InChI is InChI=1S/C13H21ClN2/c1-5-13(2,3)16(4)12-7-6-10(9-15)8-11(12)14/h6-8H,5,9,15H2,1-4H3. The molecule has 0 atom stereocenters. The van der Waals surface area contributed by atoms with Crippen LogP contribution in [0.5, 0.6) is 0 Å². The molecule has 0 spiro atoms. The Morgan fingerprint density at radius 2 is 2.00 bits per heavy atom. The third kappa shape index (κ3) is 2.69. The summed E-state index contributed by atoms with van der Waals surface area (Å²) < 4.78 is 0. The summed E-state index contributed by atoms with van der Waals surface area (Å²) in [7, 11) is 2.08. The molecule has 2 N–H and O–H groups in total. The van der Waals surface area contributed by atoms with Crippen LogP contribution in [-0.4, -0.2) is 12.6 Å². The minimum absolute atomic E-state index is 0.105. The van der Waals surface area contributed by atoms with Gasteiger partial charge < -0.3 is 10.6 Å². The van der Waals surface area contributed by atoms with Crippen molar-refractivity contribution in [2.24, 2.45) is 5.73 Å². The monoisotopic (exact) mass is 240 g/mol. The lowest BCUT2D eigenvalue weighted by Crippen LogP contribution is -2.40. The predicted octanol–water partition coefficient (Wildman–Crippen LogP) is 3.42. The fourth-order valence-electron chi connectivity index (χ4n) is 1.51. The van der Waals surface area contributed by atoms with E-state index >= 15 is 0 Å². The van der Waals surface area contributed by atoms with Gasteiger partial charge in [-0.25, -0.2) is 0 Å². The molecular formula is C13H21ClN2. The molecule has 0 aliphatic carbocycles. The largest absolute Gasteiger partial charge is 0.368 e. The van der Waals surface area contributed by atoms with E-state index in [2.05, 4.69) is 32.7 Å². The summed E-state index contributed by atoms with van der Waals surface area (Å²) in [6.07, 6.45) is 1.07. The van der Waals surface area contributed by atoms with Crippen molar-refractivity contribution < 1.29 is 0 Å². The van der Waals surface area contributed by atoms with Crippen LogP contribution in [0.2, 0.25) is 5.02 Å². The van der Waals surface area contributed by atoms with E-state index in [1.54, 1.807) is 0 Å². The van der Waals surface area contributed by atoms with Gasteiger partial charge in [-0.3, -0.25) is 0 Å². The van der Waals surface area contributed by atoms with E-state index in [4.69, 9.17) is 17.3 Å². The molecule has 0 radical (unpaired) electrons. The lowest BCUT2D eigenvalue weighted by Gasteiger charge is -2.37. The molecule has 0 heterocycles. The van der Waals surface area contributed by atoms with Crippen LogP contribution < -0.4 is 10.6 Å². The first-order valence-electron chi connectivity index (χ1n) is 5.64. The highest BCUT2D eigenvalue weighted by Gasteiger charge is 2.22. The van der Waals surface area contributed by atoms with Crippen LogP contribution in [0.25, 0.3) is 0 Å². The van der Waals surface area contributed by atoms with Gasteiger partial charge in [0, 0.05) is 19.1 Å². The van der Waals surface area contributed by atoms with E-state index in [1.807, 2.05) is 18.2 Å². The Bertz CT molecular complexity index is 361. The van der Waals surface area contributed by atoms with Crippen molar-refractivity contribution in [3.63, 3.8) is 0 Å². The zero-order valence-electron chi connectivity index (χ0n) is 10.5. The third-order valence-corrected chi connectivity index (χ3v) is 3.69. The molecule has 0 fully saturated rings. The Morgan fingerprint density at radius 1 is 1.38 bits per heavy atom. The molecule has 0 unspecified atom stereocenters. The van der Waals surface area contributed by atoms with Gasteiger partial charge in [0.2, 0.25) is 0 Å². The molecule has 0 amide bonds. The highest BCUT2D eigenvalue weighted by Crippen LogP contribution is 2.31. The molecule has 0 aliphatic rings. The van der Waals surface area contributed by atoms with Crippen molar-refractivity contribution in [2.45, 2.75) is 39.3 Å². The van der Waals surface area contributed by atoms with Crippen LogP contribution in [-0.2, 0) is 6.54 Å². The molecule has 3 heteroatoms. The Kier molecular flexibility index (Phi) is 4.22. The molecular weight excluding hydrogens is 220 g/mol. The number of benzene rings is 1. The van der Waals surface area contributed by atoms with Crippen LogP contribution in [0, 0.1) is 0 Å². The zero-order valence-corrected chi connectivity index (χ0v) is 11.3. The average Bonchev–Trinajstić information content (AvgIpc) is 2.28. The maximum absolute atomic E-state index is 6.27. The molecule has 0 aliphatic heterocycles. The van der Waals surface area contributed by atoms with E-state index in [-0.39, 0.29) is 5.54 Å². The number of anilines is 1. The summed E-state index contributed by atoms with van der Waals surface area (Å²) >= 11 is 6.27. The predicted molar refractivity (Wildman–Crippen MR) is 72.1 cm³/mol.